The average Bonchev–Trinajstić information content (AvgIpc) is 2.51. The summed E-state index contributed by atoms with van der Waals surface area (Å²) < 4.78 is 0. The van der Waals surface area contributed by atoms with Crippen molar-refractivity contribution >= 4 is 41.5 Å². The van der Waals surface area contributed by atoms with Crippen LogP contribution in [0.3, 0.4) is 0 Å². The Morgan fingerprint density at radius 2 is 1.96 bits per heavy atom. The highest BCUT2D eigenvalue weighted by Gasteiger charge is 2.08. The van der Waals surface area contributed by atoms with Crippen LogP contribution in [0.5, 0.6) is 0 Å². The Bertz CT molecular complexity index is 451. The van der Waals surface area contributed by atoms with Crippen LogP contribution in [0.1, 0.15) is 38.7 Å². The second-order valence-electron chi connectivity index (χ2n) is 5.33. The number of halogens is 2. The lowest BCUT2D eigenvalue weighted by Crippen LogP contribution is -2.40. The summed E-state index contributed by atoms with van der Waals surface area (Å²) in [6.07, 6.45) is 3.06. The van der Waals surface area contributed by atoms with Gasteiger partial charge >= 0.3 is 0 Å². The first-order chi connectivity index (χ1) is 10.7. The predicted molar refractivity (Wildman–Crippen MR) is 110 cm³/mol. The molecule has 0 heterocycles. The summed E-state index contributed by atoms with van der Waals surface area (Å²) in [4.78, 5) is 4.58. The minimum atomic E-state index is 0. The number of hydrogen-bond acceptors (Lipinski definition) is 2. The Labute approximate surface area is 162 Å². The first-order valence-corrected chi connectivity index (χ1v) is 8.45. The van der Waals surface area contributed by atoms with Crippen LogP contribution in [0, 0.1) is 5.92 Å². The molecule has 0 saturated carbocycles. The molecule has 0 amide bonds. The van der Waals surface area contributed by atoms with Gasteiger partial charge < -0.3 is 15.7 Å². The molecule has 0 aliphatic rings. The van der Waals surface area contributed by atoms with E-state index in [1.165, 1.54) is 0 Å². The van der Waals surface area contributed by atoms with E-state index < -0.39 is 0 Å². The van der Waals surface area contributed by atoms with E-state index in [0.29, 0.717) is 12.5 Å². The van der Waals surface area contributed by atoms with Crippen LogP contribution in [0.25, 0.3) is 0 Å². The summed E-state index contributed by atoms with van der Waals surface area (Å²) in [5.74, 6) is 1.26. The van der Waals surface area contributed by atoms with Crippen LogP contribution in [0.4, 0.5) is 0 Å². The molecule has 1 aromatic carbocycles. The topological polar surface area (TPSA) is 56.6 Å². The van der Waals surface area contributed by atoms with Gasteiger partial charge in [-0.2, -0.15) is 0 Å². The molecule has 0 aliphatic heterocycles. The summed E-state index contributed by atoms with van der Waals surface area (Å²) in [5, 5.41) is 16.5. The van der Waals surface area contributed by atoms with Gasteiger partial charge in [-0.15, -0.1) is 24.0 Å². The monoisotopic (exact) mass is 453 g/mol. The fourth-order valence-corrected chi connectivity index (χ4v) is 2.51. The Hall–Kier alpha value is -0.530. The summed E-state index contributed by atoms with van der Waals surface area (Å²) in [6.45, 7) is 6.63. The molecule has 3 N–H and O–H groups in total. The molecule has 0 radical (unpaired) electrons. The molecule has 0 spiro atoms. The molecule has 132 valence electrons. The number of guanidine groups is 1. The van der Waals surface area contributed by atoms with Crippen molar-refractivity contribution in [3.63, 3.8) is 0 Å². The highest BCUT2D eigenvalue weighted by atomic mass is 127. The lowest BCUT2D eigenvalue weighted by atomic mass is 10.0. The van der Waals surface area contributed by atoms with Gasteiger partial charge in [-0.05, 0) is 37.3 Å². The highest BCUT2D eigenvalue weighted by Crippen LogP contribution is 2.15. The molecule has 0 saturated heterocycles. The maximum Gasteiger partial charge on any atom is 0.191 e. The second-order valence-corrected chi connectivity index (χ2v) is 5.74. The average molecular weight is 454 g/mol. The van der Waals surface area contributed by atoms with Crippen molar-refractivity contribution in [3.05, 3.63) is 34.9 Å². The van der Waals surface area contributed by atoms with Crippen molar-refractivity contribution in [2.24, 2.45) is 10.9 Å². The maximum atomic E-state index is 9.13. The molecule has 1 atom stereocenters. The first-order valence-electron chi connectivity index (χ1n) is 8.07. The number of aliphatic hydroxyl groups excluding tert-OH is 1. The molecular formula is C17H29ClIN3O. The molecule has 6 heteroatoms. The van der Waals surface area contributed by atoms with Gasteiger partial charge in [0.2, 0.25) is 0 Å². The Kier molecular flexibility index (Phi) is 13.5. The quantitative estimate of drug-likeness (QED) is 0.303. The smallest absolute Gasteiger partial charge is 0.191 e. The Balaban J connectivity index is 0.00000484. The Morgan fingerprint density at radius 1 is 1.22 bits per heavy atom. The van der Waals surface area contributed by atoms with Crippen molar-refractivity contribution < 1.29 is 5.11 Å². The predicted octanol–water partition coefficient (Wildman–Crippen LogP) is 3.81. The van der Waals surface area contributed by atoms with E-state index in [9.17, 15) is 0 Å². The molecule has 4 nitrogen and oxygen atoms in total. The number of rotatable bonds is 9. The lowest BCUT2D eigenvalue weighted by molar-refractivity contribution is 0.251. The number of aliphatic imine (C=N–C) groups is 1. The van der Waals surface area contributed by atoms with Crippen LogP contribution >= 0.6 is 35.6 Å². The van der Waals surface area contributed by atoms with Gasteiger partial charge in [0.1, 0.15) is 0 Å². The number of nitrogens with one attached hydrogen (secondary N) is 2. The fourth-order valence-electron chi connectivity index (χ4n) is 2.31. The molecule has 1 rings (SSSR count). The molecule has 1 aromatic rings. The zero-order valence-corrected chi connectivity index (χ0v) is 17.1. The van der Waals surface area contributed by atoms with Gasteiger partial charge in [0.15, 0.2) is 5.96 Å². The van der Waals surface area contributed by atoms with E-state index in [4.69, 9.17) is 16.7 Å². The van der Waals surface area contributed by atoms with Gasteiger partial charge in [-0.25, -0.2) is 4.99 Å². The van der Waals surface area contributed by atoms with E-state index in [1.54, 1.807) is 0 Å². The third-order valence-electron chi connectivity index (χ3n) is 3.50. The first kappa shape index (κ1) is 22.5. The van der Waals surface area contributed by atoms with Crippen molar-refractivity contribution in [2.45, 2.75) is 39.7 Å². The third-order valence-corrected chi connectivity index (χ3v) is 3.87. The SMILES string of the molecule is CCCC(CCO)CNC(=NCc1ccccc1Cl)NCC.I. The van der Waals surface area contributed by atoms with Crippen molar-refractivity contribution in [2.75, 3.05) is 19.7 Å². The van der Waals surface area contributed by atoms with E-state index >= 15 is 0 Å². The van der Waals surface area contributed by atoms with Gasteiger partial charge in [-0.3, -0.25) is 0 Å². The lowest BCUT2D eigenvalue weighted by Gasteiger charge is -2.18. The number of benzene rings is 1. The van der Waals surface area contributed by atoms with Crippen molar-refractivity contribution in [3.8, 4) is 0 Å². The van der Waals surface area contributed by atoms with E-state index in [1.807, 2.05) is 31.2 Å². The van der Waals surface area contributed by atoms with Gasteiger partial charge in [0, 0.05) is 24.7 Å². The highest BCUT2D eigenvalue weighted by molar-refractivity contribution is 14.0. The summed E-state index contributed by atoms with van der Waals surface area (Å²) in [5.41, 5.74) is 1.02. The van der Waals surface area contributed by atoms with E-state index in [2.05, 4.69) is 22.5 Å². The van der Waals surface area contributed by atoms with Gasteiger partial charge in [-0.1, -0.05) is 43.1 Å². The summed E-state index contributed by atoms with van der Waals surface area (Å²) >= 11 is 6.16. The minimum absolute atomic E-state index is 0. The second kappa shape index (κ2) is 13.9. The molecule has 0 aromatic heterocycles. The number of hydrogen-bond donors (Lipinski definition) is 3. The molecular weight excluding hydrogens is 425 g/mol. The minimum Gasteiger partial charge on any atom is -0.396 e. The number of aliphatic hydroxyl groups is 1. The zero-order valence-electron chi connectivity index (χ0n) is 14.0. The van der Waals surface area contributed by atoms with Crippen LogP contribution in [0.2, 0.25) is 5.02 Å². The maximum absolute atomic E-state index is 9.13. The third kappa shape index (κ3) is 9.37. The zero-order chi connectivity index (χ0) is 16.2. The van der Waals surface area contributed by atoms with Crippen LogP contribution in [-0.2, 0) is 6.54 Å². The van der Waals surface area contributed by atoms with E-state index in [-0.39, 0.29) is 30.6 Å². The van der Waals surface area contributed by atoms with Crippen molar-refractivity contribution in [1.82, 2.24) is 10.6 Å². The van der Waals surface area contributed by atoms with Gasteiger partial charge in [0.25, 0.3) is 0 Å². The molecule has 0 fully saturated rings. The summed E-state index contributed by atoms with van der Waals surface area (Å²) in [7, 11) is 0. The molecule has 0 bridgehead atoms. The normalized spacial score (nSPS) is 12.4. The van der Waals surface area contributed by atoms with Crippen LogP contribution in [0.15, 0.2) is 29.3 Å². The molecule has 23 heavy (non-hydrogen) atoms. The van der Waals surface area contributed by atoms with Crippen LogP contribution in [-0.4, -0.2) is 30.8 Å². The van der Waals surface area contributed by atoms with Crippen molar-refractivity contribution in [1.29, 1.82) is 0 Å². The fraction of sp³-hybridized carbons (Fsp3) is 0.588. The van der Waals surface area contributed by atoms with Gasteiger partial charge in [0.05, 0.1) is 6.54 Å². The Morgan fingerprint density at radius 3 is 2.57 bits per heavy atom. The molecule has 1 unspecified atom stereocenters. The van der Waals surface area contributed by atoms with Crippen LogP contribution < -0.4 is 10.6 Å². The number of nitrogens with zero attached hydrogens (tertiary/aromatic N) is 1. The molecule has 0 aliphatic carbocycles. The standard InChI is InChI=1S/C17H28ClN3O.HI/c1-3-7-14(10-11-22)12-20-17(19-4-2)21-13-15-8-5-6-9-16(15)18;/h5-6,8-9,14,22H,3-4,7,10-13H2,1-2H3,(H2,19,20,21);1H. The largest absolute Gasteiger partial charge is 0.396 e. The van der Waals surface area contributed by atoms with E-state index in [0.717, 1.165) is 48.9 Å². The summed E-state index contributed by atoms with van der Waals surface area (Å²) in [6, 6.07) is 7.76.